The highest BCUT2D eigenvalue weighted by Gasteiger charge is 2.30. The molecule has 1 amide bonds. The molecule has 0 aliphatic carbocycles. The molecule has 1 N–H and O–H groups in total. The largest absolute Gasteiger partial charge is 0.611 e. The second-order valence-corrected chi connectivity index (χ2v) is 6.15. The lowest BCUT2D eigenvalue weighted by Gasteiger charge is -2.19. The van der Waals surface area contributed by atoms with E-state index >= 15 is 0 Å². The molecule has 2 rings (SSSR count). The second kappa shape index (κ2) is 5.76. The zero-order valence-corrected chi connectivity index (χ0v) is 10.9. The van der Waals surface area contributed by atoms with E-state index in [-0.39, 0.29) is 11.2 Å². The van der Waals surface area contributed by atoms with Crippen LogP contribution in [0.4, 0.5) is 0 Å². The molecular formula is C12H14ClNO2S. The van der Waals surface area contributed by atoms with Gasteiger partial charge in [-0.25, -0.2) is 0 Å². The average molecular weight is 272 g/mol. The van der Waals surface area contributed by atoms with Crippen LogP contribution in [0.25, 0.3) is 0 Å². The topological polar surface area (TPSA) is 52.2 Å². The summed E-state index contributed by atoms with van der Waals surface area (Å²) in [6.45, 7) is 0.676. The first-order chi connectivity index (χ1) is 8.18. The van der Waals surface area contributed by atoms with E-state index in [4.69, 9.17) is 11.6 Å². The summed E-state index contributed by atoms with van der Waals surface area (Å²) in [5, 5.41) is 3.17. The number of rotatable bonds is 2. The van der Waals surface area contributed by atoms with Gasteiger partial charge in [0.1, 0.15) is 5.25 Å². The van der Waals surface area contributed by atoms with Crippen LogP contribution in [0.2, 0.25) is 5.02 Å². The molecule has 2 unspecified atom stereocenters. The van der Waals surface area contributed by atoms with E-state index in [2.05, 4.69) is 5.32 Å². The van der Waals surface area contributed by atoms with E-state index in [0.717, 1.165) is 12.8 Å². The summed E-state index contributed by atoms with van der Waals surface area (Å²) in [6.07, 6.45) is 1.97. The molecule has 92 valence electrons. The number of nitrogens with one attached hydrogen (secondary N) is 1. The summed E-state index contributed by atoms with van der Waals surface area (Å²) in [6, 6.07) is 7.12. The van der Waals surface area contributed by atoms with E-state index < -0.39 is 11.2 Å². The van der Waals surface area contributed by atoms with Gasteiger partial charge in [-0.2, -0.15) is 0 Å². The highest BCUT2D eigenvalue weighted by Crippen LogP contribution is 2.28. The third-order valence-corrected chi connectivity index (χ3v) is 5.03. The summed E-state index contributed by atoms with van der Waals surface area (Å²) < 4.78 is 12.4. The Kier molecular flexibility index (Phi) is 4.31. The van der Waals surface area contributed by atoms with Crippen molar-refractivity contribution in [3.05, 3.63) is 29.3 Å². The summed E-state index contributed by atoms with van der Waals surface area (Å²) in [7, 11) is 0. The number of carbonyl (C=O) groups excluding carboxylic acids is 1. The number of hydrogen-bond donors (Lipinski definition) is 1. The van der Waals surface area contributed by atoms with Crippen LogP contribution >= 0.6 is 11.6 Å². The van der Waals surface area contributed by atoms with Gasteiger partial charge in [0.2, 0.25) is 5.91 Å². The molecule has 0 radical (unpaired) electrons. The lowest BCUT2D eigenvalue weighted by Crippen LogP contribution is -2.27. The maximum absolute atomic E-state index is 12.4. The molecule has 1 aliphatic rings. The Morgan fingerprint density at radius 3 is 2.94 bits per heavy atom. The Bertz CT molecular complexity index is 413. The van der Waals surface area contributed by atoms with Gasteiger partial charge in [-0.3, -0.25) is 4.79 Å². The van der Waals surface area contributed by atoms with Gasteiger partial charge >= 0.3 is 0 Å². The molecule has 1 fully saturated rings. The first-order valence-electron chi connectivity index (χ1n) is 5.60. The van der Waals surface area contributed by atoms with Gasteiger partial charge in [-0.1, -0.05) is 23.7 Å². The van der Waals surface area contributed by atoms with E-state index in [1.165, 1.54) is 0 Å². The molecule has 1 aromatic carbocycles. The van der Waals surface area contributed by atoms with Crippen molar-refractivity contribution in [1.29, 1.82) is 0 Å². The van der Waals surface area contributed by atoms with Crippen molar-refractivity contribution >= 4 is 28.7 Å². The Hall–Kier alpha value is -0.710. The van der Waals surface area contributed by atoms with Crippen LogP contribution in [0.15, 0.2) is 29.2 Å². The molecule has 17 heavy (non-hydrogen) atoms. The van der Waals surface area contributed by atoms with Crippen molar-refractivity contribution in [2.24, 2.45) is 0 Å². The number of amides is 1. The molecule has 0 aromatic heterocycles. The van der Waals surface area contributed by atoms with Crippen LogP contribution in [0.1, 0.15) is 19.3 Å². The third kappa shape index (κ3) is 3.15. The Balaban J connectivity index is 2.16. The zero-order chi connectivity index (χ0) is 12.3. The smallest absolute Gasteiger partial charge is 0.225 e. The molecule has 2 atom stereocenters. The Morgan fingerprint density at radius 1 is 1.41 bits per heavy atom. The molecule has 0 saturated carbocycles. The predicted octanol–water partition coefficient (Wildman–Crippen LogP) is 2.12. The van der Waals surface area contributed by atoms with E-state index in [9.17, 15) is 9.35 Å². The predicted molar refractivity (Wildman–Crippen MR) is 68.5 cm³/mol. The first-order valence-corrected chi connectivity index (χ1v) is 7.19. The van der Waals surface area contributed by atoms with Gasteiger partial charge in [0.15, 0.2) is 4.90 Å². The van der Waals surface area contributed by atoms with Crippen molar-refractivity contribution in [3.63, 3.8) is 0 Å². The maximum Gasteiger partial charge on any atom is 0.225 e. The van der Waals surface area contributed by atoms with Gasteiger partial charge in [0, 0.05) is 6.54 Å². The molecule has 1 aliphatic heterocycles. The molecule has 1 saturated heterocycles. The second-order valence-electron chi connectivity index (χ2n) is 4.05. The number of benzene rings is 1. The van der Waals surface area contributed by atoms with Crippen molar-refractivity contribution in [2.75, 3.05) is 6.54 Å². The SMILES string of the molecule is O=C1CC([S+]([O-])c2ccccc2Cl)CCCN1. The van der Waals surface area contributed by atoms with E-state index in [1.807, 2.05) is 12.1 Å². The molecule has 5 heteroatoms. The highest BCUT2D eigenvalue weighted by molar-refractivity contribution is 7.92. The van der Waals surface area contributed by atoms with Gasteiger partial charge in [-0.05, 0) is 36.2 Å². The van der Waals surface area contributed by atoms with Gasteiger partial charge < -0.3 is 9.87 Å². The zero-order valence-electron chi connectivity index (χ0n) is 9.32. The summed E-state index contributed by atoms with van der Waals surface area (Å²) in [4.78, 5) is 12.1. The summed E-state index contributed by atoms with van der Waals surface area (Å²) >= 11 is 4.82. The highest BCUT2D eigenvalue weighted by atomic mass is 35.5. The van der Waals surface area contributed by atoms with Crippen molar-refractivity contribution < 1.29 is 9.35 Å². The molecule has 3 nitrogen and oxygen atoms in total. The fourth-order valence-electron chi connectivity index (χ4n) is 1.91. The van der Waals surface area contributed by atoms with E-state index in [0.29, 0.717) is 22.9 Å². The van der Waals surface area contributed by atoms with Crippen molar-refractivity contribution in [3.8, 4) is 0 Å². The number of carbonyl (C=O) groups is 1. The minimum absolute atomic E-state index is 0.0205. The maximum atomic E-state index is 12.4. The average Bonchev–Trinajstić information content (AvgIpc) is 2.54. The van der Waals surface area contributed by atoms with Crippen LogP contribution in [-0.2, 0) is 16.0 Å². The number of halogens is 1. The summed E-state index contributed by atoms with van der Waals surface area (Å²) in [5.74, 6) is -0.0205. The minimum Gasteiger partial charge on any atom is -0.611 e. The van der Waals surface area contributed by atoms with Crippen LogP contribution in [0, 0.1) is 0 Å². The lowest BCUT2D eigenvalue weighted by atomic mass is 10.2. The summed E-state index contributed by atoms with van der Waals surface area (Å²) in [5.41, 5.74) is 0. The fourth-order valence-corrected chi connectivity index (χ4v) is 3.79. The molecular weight excluding hydrogens is 258 g/mol. The Morgan fingerprint density at radius 2 is 2.18 bits per heavy atom. The van der Waals surface area contributed by atoms with Crippen molar-refractivity contribution in [1.82, 2.24) is 5.32 Å². The normalized spacial score (nSPS) is 22.7. The van der Waals surface area contributed by atoms with E-state index in [1.54, 1.807) is 12.1 Å². The third-order valence-electron chi connectivity index (χ3n) is 2.79. The fraction of sp³-hybridized carbons (Fsp3) is 0.417. The quantitative estimate of drug-likeness (QED) is 0.838. The van der Waals surface area contributed by atoms with Gasteiger partial charge in [-0.15, -0.1) is 0 Å². The number of hydrogen-bond acceptors (Lipinski definition) is 2. The lowest BCUT2D eigenvalue weighted by molar-refractivity contribution is -0.120. The molecule has 0 bridgehead atoms. The van der Waals surface area contributed by atoms with Gasteiger partial charge in [0.05, 0.1) is 11.4 Å². The molecule has 1 aromatic rings. The van der Waals surface area contributed by atoms with Crippen LogP contribution < -0.4 is 5.32 Å². The standard InChI is InChI=1S/C12H14ClNO2S/c13-10-5-1-2-6-11(10)17(16)9-4-3-7-14-12(15)8-9/h1-2,5-6,9H,3-4,7-8H2,(H,14,15). The monoisotopic (exact) mass is 271 g/mol. The van der Waals surface area contributed by atoms with Crippen LogP contribution in [0.3, 0.4) is 0 Å². The van der Waals surface area contributed by atoms with Gasteiger partial charge in [0.25, 0.3) is 0 Å². The van der Waals surface area contributed by atoms with Crippen LogP contribution in [0.5, 0.6) is 0 Å². The van der Waals surface area contributed by atoms with Crippen molar-refractivity contribution in [2.45, 2.75) is 29.4 Å². The molecule has 1 heterocycles. The Labute approximate surface area is 109 Å². The van der Waals surface area contributed by atoms with Crippen LogP contribution in [-0.4, -0.2) is 22.3 Å². The molecule has 0 spiro atoms. The first kappa shape index (κ1) is 12.7. The minimum atomic E-state index is -1.21.